The molecule has 0 unspecified atom stereocenters. The molecule has 0 saturated heterocycles. The van der Waals surface area contributed by atoms with Gasteiger partial charge in [0.05, 0.1) is 44.8 Å². The highest BCUT2D eigenvalue weighted by Gasteiger charge is 2.24. The third kappa shape index (κ3) is 6.31. The summed E-state index contributed by atoms with van der Waals surface area (Å²) in [7, 11) is 0. The smallest absolute Gasteiger partial charge is 0.337 e. The molecule has 0 bridgehead atoms. The van der Waals surface area contributed by atoms with Crippen molar-refractivity contribution in [3.05, 3.63) is 129 Å². The van der Waals surface area contributed by atoms with E-state index in [1.165, 1.54) is 48.5 Å². The molecule has 0 aliphatic heterocycles. The zero-order chi connectivity index (χ0) is 32.1. The van der Waals surface area contributed by atoms with Crippen LogP contribution in [-0.4, -0.2) is 61.9 Å². The fraction of sp³-hybridized carbons (Fsp3) is 0. The van der Waals surface area contributed by atoms with Crippen LogP contribution in [0.15, 0.2) is 84.9 Å². The summed E-state index contributed by atoms with van der Waals surface area (Å²) in [5, 5.41) is 42.8. The summed E-state index contributed by atoms with van der Waals surface area (Å²) in [6.07, 6.45) is 0. The fourth-order valence-electron chi connectivity index (χ4n) is 4.22. The molecule has 0 atom stereocenters. The molecule has 0 aliphatic carbocycles. The number of carbonyl (C=O) groups is 7. The van der Waals surface area contributed by atoms with E-state index in [4.69, 9.17) is 0 Å². The van der Waals surface area contributed by atoms with Crippen LogP contribution in [-0.2, 0) is 0 Å². The van der Waals surface area contributed by atoms with Gasteiger partial charge < -0.3 is 31.1 Å². The van der Waals surface area contributed by atoms with Crippen molar-refractivity contribution in [2.75, 3.05) is 10.6 Å². The van der Waals surface area contributed by atoms with Crippen molar-refractivity contribution < 1.29 is 54.0 Å². The number of ketones is 1. The van der Waals surface area contributed by atoms with Crippen molar-refractivity contribution in [2.45, 2.75) is 0 Å². The normalized spacial score (nSPS) is 10.4. The van der Waals surface area contributed by atoms with Crippen molar-refractivity contribution in [3.8, 4) is 0 Å². The molecule has 0 radical (unpaired) electrons. The van der Waals surface area contributed by atoms with Gasteiger partial charge in [0.15, 0.2) is 5.78 Å². The number of benzene rings is 4. The van der Waals surface area contributed by atoms with Gasteiger partial charge in [0.1, 0.15) is 0 Å². The van der Waals surface area contributed by atoms with E-state index in [0.29, 0.717) is 0 Å². The summed E-state index contributed by atoms with van der Waals surface area (Å²) in [5.74, 6) is -8.54. The minimum absolute atomic E-state index is 0.0849. The second-order valence-electron chi connectivity index (χ2n) is 9.07. The molecule has 4 aromatic rings. The Morgan fingerprint density at radius 1 is 0.409 bits per heavy atom. The zero-order valence-electron chi connectivity index (χ0n) is 22.2. The van der Waals surface area contributed by atoms with Crippen molar-refractivity contribution in [1.29, 1.82) is 0 Å². The van der Waals surface area contributed by atoms with E-state index in [9.17, 15) is 54.0 Å². The molecule has 0 fully saturated rings. The van der Waals surface area contributed by atoms with Gasteiger partial charge in [0.25, 0.3) is 11.8 Å². The van der Waals surface area contributed by atoms with Crippen molar-refractivity contribution in [3.63, 3.8) is 0 Å². The van der Waals surface area contributed by atoms with Crippen LogP contribution in [0.4, 0.5) is 11.4 Å². The van der Waals surface area contributed by atoms with Crippen LogP contribution in [0, 0.1) is 0 Å². The van der Waals surface area contributed by atoms with E-state index >= 15 is 0 Å². The van der Waals surface area contributed by atoms with Gasteiger partial charge in [0.2, 0.25) is 0 Å². The highest BCUT2D eigenvalue weighted by atomic mass is 16.4. The molecule has 13 nitrogen and oxygen atoms in total. The minimum Gasteiger partial charge on any atom is -0.478 e. The number of amides is 2. The fourth-order valence-corrected chi connectivity index (χ4v) is 4.22. The Morgan fingerprint density at radius 3 is 1.09 bits per heavy atom. The maximum Gasteiger partial charge on any atom is 0.337 e. The SMILES string of the molecule is O=C(c1ccc(C(=O)Nc2ccccc2C(=O)O)c(C(=O)O)c1)c1ccc(C(=O)Nc2ccccc2C(=O)O)c(C(=O)O)c1. The minimum atomic E-state index is -1.57. The number of hydrogen-bond donors (Lipinski definition) is 6. The van der Waals surface area contributed by atoms with Crippen molar-refractivity contribution in [2.24, 2.45) is 0 Å². The Kier molecular flexibility index (Phi) is 8.61. The number of rotatable bonds is 10. The van der Waals surface area contributed by atoms with Crippen LogP contribution in [0.1, 0.15) is 78.1 Å². The van der Waals surface area contributed by atoms with Gasteiger partial charge in [-0.15, -0.1) is 0 Å². The maximum atomic E-state index is 13.3. The van der Waals surface area contributed by atoms with Gasteiger partial charge in [-0.2, -0.15) is 0 Å². The first-order valence-corrected chi connectivity index (χ1v) is 12.5. The van der Waals surface area contributed by atoms with Crippen LogP contribution in [0.2, 0.25) is 0 Å². The summed E-state index contributed by atoms with van der Waals surface area (Å²) in [6, 6.07) is 17.1. The molecule has 0 aliphatic rings. The lowest BCUT2D eigenvalue weighted by Gasteiger charge is -2.12. The summed E-state index contributed by atoms with van der Waals surface area (Å²) in [6.45, 7) is 0. The first-order valence-electron chi connectivity index (χ1n) is 12.5. The molecule has 0 aromatic heterocycles. The van der Waals surface area contributed by atoms with E-state index < -0.39 is 52.6 Å². The predicted molar refractivity (Wildman–Crippen MR) is 153 cm³/mol. The van der Waals surface area contributed by atoms with Gasteiger partial charge in [-0.1, -0.05) is 36.4 Å². The van der Waals surface area contributed by atoms with E-state index in [2.05, 4.69) is 10.6 Å². The van der Waals surface area contributed by atoms with Crippen molar-refractivity contribution in [1.82, 2.24) is 0 Å². The molecule has 13 heteroatoms. The number of nitrogens with one attached hydrogen (secondary N) is 2. The number of hydrogen-bond acceptors (Lipinski definition) is 7. The standard InChI is InChI=1S/C31H20N2O11/c34-25(15-9-11-17(21(13-15)30(41)42)26(35)32-23-7-3-1-5-19(23)28(37)38)16-10-12-18(22(14-16)31(43)44)27(36)33-24-8-4-2-6-20(24)29(39)40/h1-14H,(H,32,35)(H,33,36)(H,37,38)(H,39,40)(H,41,42)(H,43,44). The number of carboxylic acids is 4. The number of para-hydroxylation sites is 2. The first-order chi connectivity index (χ1) is 20.9. The zero-order valence-corrected chi connectivity index (χ0v) is 22.2. The monoisotopic (exact) mass is 596 g/mol. The van der Waals surface area contributed by atoms with Gasteiger partial charge in [0, 0.05) is 11.1 Å². The van der Waals surface area contributed by atoms with Gasteiger partial charge >= 0.3 is 23.9 Å². The lowest BCUT2D eigenvalue weighted by Crippen LogP contribution is -2.20. The summed E-state index contributed by atoms with van der Waals surface area (Å²) < 4.78 is 0. The Labute approximate surface area is 247 Å². The average molecular weight is 597 g/mol. The molecule has 2 amide bonds. The molecule has 220 valence electrons. The molecule has 0 spiro atoms. The first kappa shape index (κ1) is 30.3. The van der Waals surface area contributed by atoms with Crippen LogP contribution in [0.5, 0.6) is 0 Å². The number of carbonyl (C=O) groups excluding carboxylic acids is 3. The summed E-state index contributed by atoms with van der Waals surface area (Å²) in [4.78, 5) is 85.9. The number of carboxylic acid groups (broad SMARTS) is 4. The Bertz CT molecular complexity index is 1760. The number of anilines is 2. The molecule has 0 saturated carbocycles. The number of aromatic carboxylic acids is 4. The molecule has 4 aromatic carbocycles. The molecular weight excluding hydrogens is 576 g/mol. The molecular formula is C31H20N2O11. The van der Waals surface area contributed by atoms with Crippen LogP contribution in [0.3, 0.4) is 0 Å². The quantitative estimate of drug-likeness (QED) is 0.142. The van der Waals surface area contributed by atoms with Crippen LogP contribution in [0.25, 0.3) is 0 Å². The summed E-state index contributed by atoms with van der Waals surface area (Å²) >= 11 is 0. The molecule has 6 N–H and O–H groups in total. The topological polar surface area (TPSA) is 224 Å². The molecule has 0 heterocycles. The third-order valence-electron chi connectivity index (χ3n) is 6.32. The lowest BCUT2D eigenvalue weighted by molar-refractivity contribution is 0.0683. The van der Waals surface area contributed by atoms with Crippen LogP contribution >= 0.6 is 0 Å². The largest absolute Gasteiger partial charge is 0.478 e. The maximum absolute atomic E-state index is 13.3. The highest BCUT2D eigenvalue weighted by molar-refractivity contribution is 6.17. The molecule has 4 rings (SSSR count). The second-order valence-corrected chi connectivity index (χ2v) is 9.07. The van der Waals surface area contributed by atoms with E-state index in [-0.39, 0.29) is 44.8 Å². The summed E-state index contributed by atoms with van der Waals surface area (Å²) in [5.41, 5.74) is -3.04. The van der Waals surface area contributed by atoms with Gasteiger partial charge in [-0.05, 0) is 48.5 Å². The third-order valence-corrected chi connectivity index (χ3v) is 6.32. The Balaban J connectivity index is 1.65. The van der Waals surface area contributed by atoms with E-state index in [0.717, 1.165) is 36.4 Å². The van der Waals surface area contributed by atoms with Gasteiger partial charge in [-0.25, -0.2) is 19.2 Å². The van der Waals surface area contributed by atoms with Crippen molar-refractivity contribution >= 4 is 52.8 Å². The predicted octanol–water partition coefficient (Wildman–Crippen LogP) is 4.22. The second kappa shape index (κ2) is 12.5. The van der Waals surface area contributed by atoms with E-state index in [1.807, 2.05) is 0 Å². The highest BCUT2D eigenvalue weighted by Crippen LogP contribution is 2.23. The Morgan fingerprint density at radius 2 is 0.750 bits per heavy atom. The van der Waals surface area contributed by atoms with E-state index in [1.54, 1.807) is 0 Å². The lowest BCUT2D eigenvalue weighted by atomic mass is 9.95. The average Bonchev–Trinajstić information content (AvgIpc) is 3.00. The van der Waals surface area contributed by atoms with Crippen LogP contribution < -0.4 is 10.6 Å². The molecule has 44 heavy (non-hydrogen) atoms. The Hall–Kier alpha value is -6.63. The van der Waals surface area contributed by atoms with Gasteiger partial charge in [-0.3, -0.25) is 14.4 Å².